The molecular weight excluding hydrogens is 173 g/mol. The number of halogens is 1. The van der Waals surface area contributed by atoms with E-state index < -0.39 is 5.97 Å². The smallest absolute Gasteiger partial charge is 0.304 e. The highest BCUT2D eigenvalue weighted by Gasteiger charge is 2.19. The van der Waals surface area contributed by atoms with E-state index in [2.05, 4.69) is 0 Å². The molecule has 1 rings (SSSR count). The number of carboxylic acid groups (broad SMARTS) is 1. The van der Waals surface area contributed by atoms with Gasteiger partial charge in [0.1, 0.15) is 0 Å². The molecule has 1 fully saturated rings. The predicted molar refractivity (Wildman–Crippen MR) is 47.4 cm³/mol. The summed E-state index contributed by atoms with van der Waals surface area (Å²) in [5, 5.41) is 8.47. The number of rotatable bonds is 4. The Morgan fingerprint density at radius 2 is 2.38 bits per heavy atom. The van der Waals surface area contributed by atoms with Gasteiger partial charge in [-0.05, 0) is 19.4 Å². The molecule has 0 spiro atoms. The number of piperidine rings is 1. The summed E-state index contributed by atoms with van der Waals surface area (Å²) < 4.78 is 12.3. The highest BCUT2D eigenvalue weighted by Crippen LogP contribution is 2.16. The van der Waals surface area contributed by atoms with Gasteiger partial charge in [0.15, 0.2) is 0 Å². The lowest BCUT2D eigenvalue weighted by atomic mass is 9.99. The number of nitrogens with zero attached hydrogens (tertiary/aromatic N) is 1. The molecule has 0 bridgehead atoms. The third-order valence-electron chi connectivity index (χ3n) is 2.46. The summed E-state index contributed by atoms with van der Waals surface area (Å²) in [5.74, 6) is -0.648. The van der Waals surface area contributed by atoms with Crippen molar-refractivity contribution in [2.75, 3.05) is 26.3 Å². The van der Waals surface area contributed by atoms with Crippen molar-refractivity contribution in [3.63, 3.8) is 0 Å². The summed E-state index contributed by atoms with van der Waals surface area (Å²) in [6.45, 7) is 1.93. The van der Waals surface area contributed by atoms with E-state index in [0.29, 0.717) is 6.54 Å². The molecule has 0 radical (unpaired) electrons. The largest absolute Gasteiger partial charge is 0.481 e. The Bertz CT molecular complexity index is 175. The van der Waals surface area contributed by atoms with Crippen LogP contribution in [0, 0.1) is 5.92 Å². The molecule has 3 nitrogen and oxygen atoms in total. The fourth-order valence-corrected chi connectivity index (χ4v) is 1.73. The Morgan fingerprint density at radius 3 is 3.00 bits per heavy atom. The van der Waals surface area contributed by atoms with E-state index >= 15 is 0 Å². The minimum Gasteiger partial charge on any atom is -0.481 e. The average Bonchev–Trinajstić information content (AvgIpc) is 2.15. The highest BCUT2D eigenvalue weighted by molar-refractivity contribution is 5.66. The molecule has 1 aliphatic heterocycles. The van der Waals surface area contributed by atoms with Gasteiger partial charge in [0.05, 0.1) is 13.1 Å². The maximum Gasteiger partial charge on any atom is 0.304 e. The summed E-state index contributed by atoms with van der Waals surface area (Å²) in [5.41, 5.74) is 0. The molecule has 1 atom stereocenters. The molecule has 0 aromatic rings. The average molecular weight is 189 g/mol. The number of carbonyl (C=O) groups is 1. The first-order valence-electron chi connectivity index (χ1n) is 4.72. The van der Waals surface area contributed by atoms with E-state index in [4.69, 9.17) is 5.11 Å². The summed E-state index contributed by atoms with van der Waals surface area (Å²) >= 11 is 0. The zero-order chi connectivity index (χ0) is 9.68. The maximum absolute atomic E-state index is 12.3. The van der Waals surface area contributed by atoms with Gasteiger partial charge in [0.25, 0.3) is 0 Å². The lowest BCUT2D eigenvalue weighted by molar-refractivity contribution is -0.137. The van der Waals surface area contributed by atoms with E-state index in [1.54, 1.807) is 0 Å². The van der Waals surface area contributed by atoms with Crippen LogP contribution in [-0.4, -0.2) is 42.3 Å². The molecule has 0 saturated carbocycles. The molecule has 0 aromatic heterocycles. The number of likely N-dealkylation sites (tertiary alicyclic amines) is 1. The fourth-order valence-electron chi connectivity index (χ4n) is 1.73. The van der Waals surface area contributed by atoms with Crippen LogP contribution in [0.2, 0.25) is 0 Å². The van der Waals surface area contributed by atoms with Crippen molar-refractivity contribution >= 4 is 5.97 Å². The SMILES string of the molecule is O=C(O)CCN1CCCC(CF)C1. The van der Waals surface area contributed by atoms with Crippen LogP contribution in [0.4, 0.5) is 4.39 Å². The monoisotopic (exact) mass is 189 g/mol. The minimum atomic E-state index is -0.776. The van der Waals surface area contributed by atoms with Crippen molar-refractivity contribution in [1.29, 1.82) is 0 Å². The molecule has 1 heterocycles. The molecule has 13 heavy (non-hydrogen) atoms. The minimum absolute atomic E-state index is 0.127. The quantitative estimate of drug-likeness (QED) is 0.721. The number of hydrogen-bond donors (Lipinski definition) is 1. The number of alkyl halides is 1. The van der Waals surface area contributed by atoms with E-state index in [9.17, 15) is 9.18 Å². The fraction of sp³-hybridized carbons (Fsp3) is 0.889. The molecule has 1 N–H and O–H groups in total. The first-order valence-corrected chi connectivity index (χ1v) is 4.72. The number of carboxylic acids is 1. The highest BCUT2D eigenvalue weighted by atomic mass is 19.1. The summed E-state index contributed by atoms with van der Waals surface area (Å²) in [4.78, 5) is 12.3. The maximum atomic E-state index is 12.3. The molecule has 0 aromatic carbocycles. The molecule has 1 saturated heterocycles. The van der Waals surface area contributed by atoms with Gasteiger partial charge in [-0.1, -0.05) is 0 Å². The van der Waals surface area contributed by atoms with Crippen LogP contribution in [0.5, 0.6) is 0 Å². The number of aliphatic carboxylic acids is 1. The van der Waals surface area contributed by atoms with Crippen molar-refractivity contribution in [1.82, 2.24) is 4.90 Å². The van der Waals surface area contributed by atoms with Crippen LogP contribution in [0.1, 0.15) is 19.3 Å². The molecule has 76 valence electrons. The summed E-state index contributed by atoms with van der Waals surface area (Å²) in [6.07, 6.45) is 2.10. The second kappa shape index (κ2) is 5.17. The molecule has 1 unspecified atom stereocenters. The topological polar surface area (TPSA) is 40.5 Å². The third kappa shape index (κ3) is 3.72. The van der Waals surface area contributed by atoms with E-state index in [-0.39, 0.29) is 19.0 Å². The molecule has 1 aliphatic rings. The summed E-state index contributed by atoms with van der Waals surface area (Å²) in [7, 11) is 0. The van der Waals surface area contributed by atoms with Gasteiger partial charge in [-0.25, -0.2) is 0 Å². The third-order valence-corrected chi connectivity index (χ3v) is 2.46. The predicted octanol–water partition coefficient (Wildman–Crippen LogP) is 1.14. The molecule has 4 heteroatoms. The van der Waals surface area contributed by atoms with Crippen molar-refractivity contribution in [3.05, 3.63) is 0 Å². The van der Waals surface area contributed by atoms with Gasteiger partial charge < -0.3 is 10.0 Å². The van der Waals surface area contributed by atoms with Gasteiger partial charge in [0.2, 0.25) is 0 Å². The number of hydrogen-bond acceptors (Lipinski definition) is 2. The first kappa shape index (κ1) is 10.4. The van der Waals surface area contributed by atoms with Crippen LogP contribution in [0.3, 0.4) is 0 Å². The van der Waals surface area contributed by atoms with Crippen LogP contribution in [0.15, 0.2) is 0 Å². The standard InChI is InChI=1S/C9H16FNO2/c10-6-8-2-1-4-11(7-8)5-3-9(12)13/h8H,1-7H2,(H,12,13). The van der Waals surface area contributed by atoms with Crippen LogP contribution in [-0.2, 0) is 4.79 Å². The van der Waals surface area contributed by atoms with Gasteiger partial charge >= 0.3 is 5.97 Å². The molecule has 0 aliphatic carbocycles. The lowest BCUT2D eigenvalue weighted by Gasteiger charge is -2.30. The Hall–Kier alpha value is -0.640. The normalized spacial score (nSPS) is 24.5. The van der Waals surface area contributed by atoms with Crippen molar-refractivity contribution in [2.45, 2.75) is 19.3 Å². The zero-order valence-corrected chi connectivity index (χ0v) is 7.71. The second-order valence-corrected chi connectivity index (χ2v) is 3.61. The Morgan fingerprint density at radius 1 is 1.62 bits per heavy atom. The zero-order valence-electron chi connectivity index (χ0n) is 7.71. The Kier molecular flexibility index (Phi) is 4.15. The Labute approximate surface area is 77.5 Å². The molecule has 0 amide bonds. The van der Waals surface area contributed by atoms with Gasteiger partial charge in [-0.3, -0.25) is 9.18 Å². The van der Waals surface area contributed by atoms with Crippen LogP contribution in [0.25, 0.3) is 0 Å². The van der Waals surface area contributed by atoms with E-state index in [1.165, 1.54) is 0 Å². The van der Waals surface area contributed by atoms with Crippen molar-refractivity contribution < 1.29 is 14.3 Å². The van der Waals surface area contributed by atoms with Crippen molar-refractivity contribution in [2.24, 2.45) is 5.92 Å². The lowest BCUT2D eigenvalue weighted by Crippen LogP contribution is -2.37. The van der Waals surface area contributed by atoms with E-state index in [0.717, 1.165) is 25.9 Å². The second-order valence-electron chi connectivity index (χ2n) is 3.61. The van der Waals surface area contributed by atoms with Gasteiger partial charge in [-0.15, -0.1) is 0 Å². The first-order chi connectivity index (χ1) is 6.22. The molecular formula is C9H16FNO2. The Balaban J connectivity index is 2.21. The van der Waals surface area contributed by atoms with Gasteiger partial charge in [-0.2, -0.15) is 0 Å². The van der Waals surface area contributed by atoms with Crippen LogP contribution >= 0.6 is 0 Å². The van der Waals surface area contributed by atoms with Gasteiger partial charge in [0, 0.05) is 19.0 Å². The van der Waals surface area contributed by atoms with E-state index in [1.807, 2.05) is 4.90 Å². The van der Waals surface area contributed by atoms with Crippen LogP contribution < -0.4 is 0 Å². The van der Waals surface area contributed by atoms with Crippen molar-refractivity contribution in [3.8, 4) is 0 Å². The summed E-state index contributed by atoms with van der Waals surface area (Å²) in [6, 6.07) is 0.